The fourth-order valence-corrected chi connectivity index (χ4v) is 3.00. The SMILES string of the molecule is CCN1CCN(c2nccc(C)c2C(N)=S)CC1C. The Kier molecular flexibility index (Phi) is 4.37. The topological polar surface area (TPSA) is 45.4 Å². The van der Waals surface area contributed by atoms with E-state index in [0.29, 0.717) is 11.0 Å². The first-order valence-corrected chi connectivity index (χ1v) is 7.19. The van der Waals surface area contributed by atoms with Gasteiger partial charge < -0.3 is 10.6 Å². The van der Waals surface area contributed by atoms with Crippen molar-refractivity contribution in [2.75, 3.05) is 31.1 Å². The number of rotatable bonds is 3. The van der Waals surface area contributed by atoms with Gasteiger partial charge >= 0.3 is 0 Å². The summed E-state index contributed by atoms with van der Waals surface area (Å²) in [5.74, 6) is 0.940. The number of aromatic nitrogens is 1. The van der Waals surface area contributed by atoms with E-state index in [9.17, 15) is 0 Å². The normalized spacial score (nSPS) is 20.6. The van der Waals surface area contributed by atoms with Crippen LogP contribution in [-0.2, 0) is 0 Å². The number of nitrogens with two attached hydrogens (primary N) is 1. The molecule has 1 atom stereocenters. The van der Waals surface area contributed by atoms with Gasteiger partial charge in [-0.15, -0.1) is 0 Å². The van der Waals surface area contributed by atoms with Crippen molar-refractivity contribution in [1.82, 2.24) is 9.88 Å². The Balaban J connectivity index is 2.28. The molecule has 1 saturated heterocycles. The van der Waals surface area contributed by atoms with Gasteiger partial charge in [-0.05, 0) is 32.0 Å². The fraction of sp³-hybridized carbons (Fsp3) is 0.571. The second kappa shape index (κ2) is 5.84. The van der Waals surface area contributed by atoms with Crippen molar-refractivity contribution in [3.63, 3.8) is 0 Å². The van der Waals surface area contributed by atoms with Crippen LogP contribution in [0.3, 0.4) is 0 Å². The zero-order valence-electron chi connectivity index (χ0n) is 11.9. The van der Waals surface area contributed by atoms with Gasteiger partial charge in [0.1, 0.15) is 10.8 Å². The summed E-state index contributed by atoms with van der Waals surface area (Å²) in [6.07, 6.45) is 1.84. The Bertz CT molecular complexity index is 475. The summed E-state index contributed by atoms with van der Waals surface area (Å²) >= 11 is 5.18. The number of aryl methyl sites for hydroxylation is 1. The molecule has 5 heteroatoms. The molecule has 1 aromatic rings. The van der Waals surface area contributed by atoms with Gasteiger partial charge in [-0.1, -0.05) is 19.1 Å². The summed E-state index contributed by atoms with van der Waals surface area (Å²) in [4.78, 5) is 9.73. The highest BCUT2D eigenvalue weighted by Crippen LogP contribution is 2.23. The van der Waals surface area contributed by atoms with Crippen LogP contribution < -0.4 is 10.6 Å². The number of anilines is 1. The predicted octanol–water partition coefficient (Wildman–Crippen LogP) is 1.55. The van der Waals surface area contributed by atoms with Crippen molar-refractivity contribution < 1.29 is 0 Å². The quantitative estimate of drug-likeness (QED) is 0.850. The van der Waals surface area contributed by atoms with Crippen LogP contribution in [0.25, 0.3) is 0 Å². The molecular weight excluding hydrogens is 256 g/mol. The van der Waals surface area contributed by atoms with Crippen LogP contribution in [0.2, 0.25) is 0 Å². The Hall–Kier alpha value is -1.20. The van der Waals surface area contributed by atoms with Crippen LogP contribution in [0.4, 0.5) is 5.82 Å². The van der Waals surface area contributed by atoms with Crippen LogP contribution in [0.1, 0.15) is 25.0 Å². The average molecular weight is 278 g/mol. The molecule has 0 aromatic carbocycles. The zero-order chi connectivity index (χ0) is 14.0. The lowest BCUT2D eigenvalue weighted by atomic mass is 10.1. The van der Waals surface area contributed by atoms with E-state index in [2.05, 4.69) is 28.6 Å². The molecule has 4 nitrogen and oxygen atoms in total. The Morgan fingerprint density at radius 3 is 2.84 bits per heavy atom. The number of hydrogen-bond donors (Lipinski definition) is 1. The fourth-order valence-electron chi connectivity index (χ4n) is 2.75. The van der Waals surface area contributed by atoms with Gasteiger partial charge in [0.2, 0.25) is 0 Å². The van der Waals surface area contributed by atoms with Gasteiger partial charge in [0.05, 0.1) is 5.56 Å². The molecule has 0 spiro atoms. The van der Waals surface area contributed by atoms with E-state index in [1.807, 2.05) is 19.2 Å². The van der Waals surface area contributed by atoms with Gasteiger partial charge in [-0.25, -0.2) is 4.98 Å². The van der Waals surface area contributed by atoms with Crippen LogP contribution in [0, 0.1) is 6.92 Å². The van der Waals surface area contributed by atoms with E-state index in [1.165, 1.54) is 0 Å². The van der Waals surface area contributed by atoms with Crippen LogP contribution >= 0.6 is 12.2 Å². The highest BCUT2D eigenvalue weighted by Gasteiger charge is 2.25. The van der Waals surface area contributed by atoms with Crippen molar-refractivity contribution in [2.24, 2.45) is 5.73 Å². The molecule has 2 heterocycles. The highest BCUT2D eigenvalue weighted by molar-refractivity contribution is 7.80. The van der Waals surface area contributed by atoms with Gasteiger partial charge in [0, 0.05) is 31.9 Å². The monoisotopic (exact) mass is 278 g/mol. The van der Waals surface area contributed by atoms with Gasteiger partial charge in [0.15, 0.2) is 0 Å². The van der Waals surface area contributed by atoms with Crippen molar-refractivity contribution in [3.8, 4) is 0 Å². The number of pyridine rings is 1. The molecule has 104 valence electrons. The molecule has 1 aliphatic rings. The third kappa shape index (κ3) is 2.87. The number of hydrogen-bond acceptors (Lipinski definition) is 4. The lowest BCUT2D eigenvalue weighted by Crippen LogP contribution is -2.52. The van der Waals surface area contributed by atoms with Crippen molar-refractivity contribution in [1.29, 1.82) is 0 Å². The van der Waals surface area contributed by atoms with Crippen LogP contribution in [0.5, 0.6) is 0 Å². The van der Waals surface area contributed by atoms with E-state index >= 15 is 0 Å². The van der Waals surface area contributed by atoms with E-state index in [4.69, 9.17) is 18.0 Å². The maximum absolute atomic E-state index is 5.86. The smallest absolute Gasteiger partial charge is 0.139 e. The number of thiocarbonyl (C=S) groups is 1. The predicted molar refractivity (Wildman–Crippen MR) is 83.8 cm³/mol. The Morgan fingerprint density at radius 1 is 1.53 bits per heavy atom. The second-order valence-corrected chi connectivity index (χ2v) is 5.55. The molecule has 0 saturated carbocycles. The first-order chi connectivity index (χ1) is 9.04. The van der Waals surface area contributed by atoms with Gasteiger partial charge in [-0.2, -0.15) is 0 Å². The lowest BCUT2D eigenvalue weighted by molar-refractivity contribution is 0.199. The molecule has 1 unspecified atom stereocenters. The standard InChI is InChI=1S/C14H22N4S/c1-4-17-7-8-18(9-11(17)3)14-12(13(15)19)10(2)5-6-16-14/h5-6,11H,4,7-9H2,1-3H3,(H2,15,19). The third-order valence-corrected chi connectivity index (χ3v) is 4.06. The molecule has 1 aromatic heterocycles. The summed E-state index contributed by atoms with van der Waals surface area (Å²) in [5, 5.41) is 0. The summed E-state index contributed by atoms with van der Waals surface area (Å²) in [5.41, 5.74) is 7.89. The first-order valence-electron chi connectivity index (χ1n) is 6.79. The molecule has 1 aliphatic heterocycles. The number of likely N-dealkylation sites (N-methyl/N-ethyl adjacent to an activating group) is 1. The van der Waals surface area contributed by atoms with Crippen LogP contribution in [-0.4, -0.2) is 47.1 Å². The summed E-state index contributed by atoms with van der Waals surface area (Å²) < 4.78 is 0. The highest BCUT2D eigenvalue weighted by atomic mass is 32.1. The summed E-state index contributed by atoms with van der Waals surface area (Å²) in [6.45, 7) is 10.6. The molecule has 1 fully saturated rings. The van der Waals surface area contributed by atoms with E-state index in [-0.39, 0.29) is 0 Å². The van der Waals surface area contributed by atoms with Crippen molar-refractivity contribution >= 4 is 23.0 Å². The minimum absolute atomic E-state index is 0.436. The number of nitrogens with zero attached hydrogens (tertiary/aromatic N) is 3. The molecule has 19 heavy (non-hydrogen) atoms. The summed E-state index contributed by atoms with van der Waals surface area (Å²) in [6, 6.07) is 2.49. The van der Waals surface area contributed by atoms with E-state index < -0.39 is 0 Å². The Labute approximate surface area is 120 Å². The molecular formula is C14H22N4S. The minimum Gasteiger partial charge on any atom is -0.389 e. The molecule has 0 radical (unpaired) electrons. The lowest BCUT2D eigenvalue weighted by Gasteiger charge is -2.40. The first kappa shape index (κ1) is 14.2. The maximum atomic E-state index is 5.86. The minimum atomic E-state index is 0.436. The van der Waals surface area contributed by atoms with Crippen molar-refractivity contribution in [2.45, 2.75) is 26.8 Å². The molecule has 0 amide bonds. The van der Waals surface area contributed by atoms with Crippen molar-refractivity contribution in [3.05, 3.63) is 23.4 Å². The van der Waals surface area contributed by atoms with Gasteiger partial charge in [0.25, 0.3) is 0 Å². The Morgan fingerprint density at radius 2 is 2.26 bits per heavy atom. The summed E-state index contributed by atoms with van der Waals surface area (Å²) in [7, 11) is 0. The molecule has 0 aliphatic carbocycles. The largest absolute Gasteiger partial charge is 0.389 e. The molecule has 0 bridgehead atoms. The van der Waals surface area contributed by atoms with Gasteiger partial charge in [-0.3, -0.25) is 4.90 Å². The maximum Gasteiger partial charge on any atom is 0.139 e. The molecule has 2 N–H and O–H groups in total. The van der Waals surface area contributed by atoms with Crippen LogP contribution in [0.15, 0.2) is 12.3 Å². The number of piperazine rings is 1. The molecule has 2 rings (SSSR count). The van der Waals surface area contributed by atoms with E-state index in [0.717, 1.165) is 43.1 Å². The average Bonchev–Trinajstić information content (AvgIpc) is 2.37. The zero-order valence-corrected chi connectivity index (χ0v) is 12.7. The van der Waals surface area contributed by atoms with E-state index in [1.54, 1.807) is 0 Å². The third-order valence-electron chi connectivity index (χ3n) is 3.86. The second-order valence-electron chi connectivity index (χ2n) is 5.11.